The summed E-state index contributed by atoms with van der Waals surface area (Å²) in [4.78, 5) is 37.5. The highest BCUT2D eigenvalue weighted by atomic mass is 16.6. The molecule has 2 amide bonds. The molecule has 0 unspecified atom stereocenters. The Labute approximate surface area is 147 Å². The summed E-state index contributed by atoms with van der Waals surface area (Å²) in [6.07, 6.45) is 6.24. The van der Waals surface area contributed by atoms with E-state index in [9.17, 15) is 25.0 Å². The smallest absolute Gasteiger partial charge is 0.319 e. The Morgan fingerprint density at radius 1 is 1.12 bits per heavy atom. The first-order chi connectivity index (χ1) is 12.5. The van der Waals surface area contributed by atoms with Crippen LogP contribution in [-0.4, -0.2) is 26.9 Å². The lowest BCUT2D eigenvalue weighted by Crippen LogP contribution is -2.39. The maximum Gasteiger partial charge on any atom is 0.319 e. The van der Waals surface area contributed by atoms with Crippen LogP contribution < -0.4 is 10.6 Å². The molecule has 0 atom stereocenters. The molecule has 1 aromatic carbocycles. The van der Waals surface area contributed by atoms with Gasteiger partial charge < -0.3 is 10.6 Å². The van der Waals surface area contributed by atoms with Gasteiger partial charge in [-0.15, -0.1) is 0 Å². The van der Waals surface area contributed by atoms with Crippen molar-refractivity contribution in [3.63, 3.8) is 0 Å². The summed E-state index contributed by atoms with van der Waals surface area (Å²) in [7, 11) is 0. The van der Waals surface area contributed by atoms with Crippen LogP contribution >= 0.6 is 0 Å². The van der Waals surface area contributed by atoms with Crippen molar-refractivity contribution in [1.82, 2.24) is 10.3 Å². The van der Waals surface area contributed by atoms with Gasteiger partial charge in [0.05, 0.1) is 21.3 Å². The fourth-order valence-electron chi connectivity index (χ4n) is 3.21. The molecule has 3 rings (SSSR count). The van der Waals surface area contributed by atoms with E-state index in [0.717, 1.165) is 38.2 Å². The van der Waals surface area contributed by atoms with E-state index in [-0.39, 0.29) is 22.6 Å². The number of anilines is 1. The van der Waals surface area contributed by atoms with Crippen LogP contribution in [0.4, 0.5) is 21.9 Å². The molecule has 1 fully saturated rings. The molecule has 10 heteroatoms. The van der Waals surface area contributed by atoms with Gasteiger partial charge in [-0.25, -0.2) is 4.79 Å². The molecule has 2 aromatic rings. The van der Waals surface area contributed by atoms with Gasteiger partial charge in [0.1, 0.15) is 11.2 Å². The summed E-state index contributed by atoms with van der Waals surface area (Å²) in [5.74, 6) is 0. The lowest BCUT2D eigenvalue weighted by atomic mass is 9.96. The molecule has 1 aliphatic rings. The van der Waals surface area contributed by atoms with Gasteiger partial charge in [-0.3, -0.25) is 25.2 Å². The highest BCUT2D eigenvalue weighted by Crippen LogP contribution is 2.38. The second kappa shape index (κ2) is 7.30. The Morgan fingerprint density at radius 2 is 1.81 bits per heavy atom. The fourth-order valence-corrected chi connectivity index (χ4v) is 3.21. The molecule has 26 heavy (non-hydrogen) atoms. The maximum absolute atomic E-state index is 12.3. The van der Waals surface area contributed by atoms with Gasteiger partial charge in [0, 0.05) is 12.2 Å². The van der Waals surface area contributed by atoms with Crippen LogP contribution in [0.15, 0.2) is 24.4 Å². The zero-order valence-corrected chi connectivity index (χ0v) is 13.8. The number of nitrogens with zero attached hydrogens (tertiary/aromatic N) is 3. The summed E-state index contributed by atoms with van der Waals surface area (Å²) in [5.41, 5.74) is -1.14. The number of hydrogen-bond acceptors (Lipinski definition) is 6. The standard InChI is InChI=1S/C16H17N5O5/c22-16(18-10-5-2-1-3-6-10)19-15-13(21(25)26)9-12(20(23)24)11-7-4-8-17-14(11)15/h4,7-10H,1-3,5-6H2,(H2,18,19,22). The molecule has 136 valence electrons. The van der Waals surface area contributed by atoms with E-state index in [1.54, 1.807) is 0 Å². The minimum absolute atomic E-state index is 0.00666. The Bertz CT molecular complexity index is 879. The van der Waals surface area contributed by atoms with Gasteiger partial charge >= 0.3 is 11.7 Å². The largest absolute Gasteiger partial charge is 0.335 e. The van der Waals surface area contributed by atoms with Crippen molar-refractivity contribution in [3.8, 4) is 0 Å². The second-order valence-electron chi connectivity index (χ2n) is 6.14. The second-order valence-corrected chi connectivity index (χ2v) is 6.14. The number of nitro groups is 2. The SMILES string of the molecule is O=C(Nc1c([N+](=O)[O-])cc([N+](=O)[O-])c2cccnc12)NC1CCCCC1. The Hall–Kier alpha value is -3.30. The van der Waals surface area contributed by atoms with Gasteiger partial charge in [-0.05, 0) is 25.0 Å². The number of carbonyl (C=O) groups is 1. The molecule has 0 radical (unpaired) electrons. The number of nitro benzene ring substituents is 2. The quantitative estimate of drug-likeness (QED) is 0.632. The van der Waals surface area contributed by atoms with E-state index in [4.69, 9.17) is 0 Å². The molecule has 1 heterocycles. The Balaban J connectivity index is 1.99. The lowest BCUT2D eigenvalue weighted by molar-refractivity contribution is -0.392. The zero-order chi connectivity index (χ0) is 18.7. The van der Waals surface area contributed by atoms with Crippen molar-refractivity contribution in [2.75, 3.05) is 5.32 Å². The topological polar surface area (TPSA) is 140 Å². The predicted molar refractivity (Wildman–Crippen MR) is 94.1 cm³/mol. The fraction of sp³-hybridized carbons (Fsp3) is 0.375. The number of aromatic nitrogens is 1. The number of rotatable bonds is 4. The third-order valence-electron chi connectivity index (χ3n) is 4.42. The van der Waals surface area contributed by atoms with Crippen molar-refractivity contribution in [3.05, 3.63) is 44.6 Å². The number of nitrogens with one attached hydrogen (secondary N) is 2. The van der Waals surface area contributed by atoms with Crippen LogP contribution in [0.1, 0.15) is 32.1 Å². The number of benzene rings is 1. The normalized spacial score (nSPS) is 14.8. The van der Waals surface area contributed by atoms with Gasteiger partial charge in [-0.1, -0.05) is 19.3 Å². The van der Waals surface area contributed by atoms with Crippen LogP contribution in [-0.2, 0) is 0 Å². The summed E-state index contributed by atoms with van der Waals surface area (Å²) in [6, 6.07) is 3.21. The molecule has 1 aliphatic carbocycles. The maximum atomic E-state index is 12.3. The molecular formula is C16H17N5O5. The van der Waals surface area contributed by atoms with Crippen LogP contribution in [0, 0.1) is 20.2 Å². The van der Waals surface area contributed by atoms with Crippen molar-refractivity contribution in [2.24, 2.45) is 0 Å². The van der Waals surface area contributed by atoms with Crippen LogP contribution in [0.25, 0.3) is 10.9 Å². The van der Waals surface area contributed by atoms with Crippen molar-refractivity contribution < 1.29 is 14.6 Å². The predicted octanol–water partition coefficient (Wildman–Crippen LogP) is 3.51. The first-order valence-electron chi connectivity index (χ1n) is 8.25. The van der Waals surface area contributed by atoms with Crippen LogP contribution in [0.2, 0.25) is 0 Å². The van der Waals surface area contributed by atoms with Crippen molar-refractivity contribution in [1.29, 1.82) is 0 Å². The Kier molecular flexibility index (Phi) is 4.92. The first-order valence-corrected chi connectivity index (χ1v) is 8.25. The number of carbonyl (C=O) groups excluding carboxylic acids is 1. The molecule has 0 aliphatic heterocycles. The monoisotopic (exact) mass is 359 g/mol. The summed E-state index contributed by atoms with van der Waals surface area (Å²) >= 11 is 0. The van der Waals surface area contributed by atoms with Gasteiger partial charge in [0.15, 0.2) is 0 Å². The molecule has 1 saturated carbocycles. The molecule has 1 aromatic heterocycles. The summed E-state index contributed by atoms with van der Waals surface area (Å²) in [5, 5.41) is 28.0. The van der Waals surface area contributed by atoms with Gasteiger partial charge in [-0.2, -0.15) is 0 Å². The number of urea groups is 1. The summed E-state index contributed by atoms with van der Waals surface area (Å²) < 4.78 is 0. The van der Waals surface area contributed by atoms with Crippen molar-refractivity contribution in [2.45, 2.75) is 38.1 Å². The van der Waals surface area contributed by atoms with E-state index in [2.05, 4.69) is 15.6 Å². The highest BCUT2D eigenvalue weighted by molar-refractivity contribution is 6.06. The van der Waals surface area contributed by atoms with Gasteiger partial charge in [0.25, 0.3) is 5.69 Å². The number of pyridine rings is 1. The molecule has 10 nitrogen and oxygen atoms in total. The minimum atomic E-state index is -0.767. The lowest BCUT2D eigenvalue weighted by Gasteiger charge is -2.22. The third-order valence-corrected chi connectivity index (χ3v) is 4.42. The average molecular weight is 359 g/mol. The summed E-state index contributed by atoms with van der Waals surface area (Å²) in [6.45, 7) is 0. The third kappa shape index (κ3) is 3.53. The number of hydrogen-bond donors (Lipinski definition) is 2. The molecule has 0 saturated heterocycles. The van der Waals surface area contributed by atoms with Gasteiger partial charge in [0.2, 0.25) is 0 Å². The van der Waals surface area contributed by atoms with E-state index >= 15 is 0 Å². The Morgan fingerprint density at radius 3 is 2.46 bits per heavy atom. The number of non-ortho nitro benzene ring substituents is 1. The van der Waals surface area contributed by atoms with E-state index in [0.29, 0.717) is 0 Å². The highest BCUT2D eigenvalue weighted by Gasteiger charge is 2.28. The zero-order valence-electron chi connectivity index (χ0n) is 13.8. The van der Waals surface area contributed by atoms with Crippen molar-refractivity contribution >= 4 is 34.0 Å². The number of fused-ring (bicyclic) bond motifs is 1. The average Bonchev–Trinajstić information content (AvgIpc) is 2.62. The first kappa shape index (κ1) is 17.5. The van der Waals surface area contributed by atoms with Crippen LogP contribution in [0.3, 0.4) is 0 Å². The molecule has 0 spiro atoms. The molecule has 2 N–H and O–H groups in total. The minimum Gasteiger partial charge on any atom is -0.335 e. The van der Waals surface area contributed by atoms with Crippen LogP contribution in [0.5, 0.6) is 0 Å². The van der Waals surface area contributed by atoms with E-state index in [1.165, 1.54) is 18.3 Å². The van der Waals surface area contributed by atoms with E-state index < -0.39 is 27.3 Å². The molecular weight excluding hydrogens is 342 g/mol. The van der Waals surface area contributed by atoms with E-state index in [1.807, 2.05) is 0 Å². The number of amides is 2. The molecule has 0 bridgehead atoms.